The molecule has 0 saturated heterocycles. The van der Waals surface area contributed by atoms with E-state index >= 15 is 0 Å². The van der Waals surface area contributed by atoms with E-state index in [1.54, 1.807) is 19.4 Å². The number of aryl methyl sites for hydroxylation is 1. The molecule has 0 fully saturated rings. The summed E-state index contributed by atoms with van der Waals surface area (Å²) in [7, 11) is 1.57. The van der Waals surface area contributed by atoms with Gasteiger partial charge in [0.25, 0.3) is 0 Å². The Hall–Kier alpha value is -1.95. The minimum Gasteiger partial charge on any atom is -0.481 e. The highest BCUT2D eigenvalue weighted by atomic mass is 32.1. The molecule has 0 aliphatic carbocycles. The molecule has 94 valence electrons. The van der Waals surface area contributed by atoms with Crippen molar-refractivity contribution in [3.63, 3.8) is 0 Å². The van der Waals surface area contributed by atoms with Crippen LogP contribution in [0, 0.1) is 6.92 Å². The zero-order valence-corrected chi connectivity index (χ0v) is 11.2. The molecule has 0 amide bonds. The highest BCUT2D eigenvalue weighted by molar-refractivity contribution is 7.10. The molecule has 0 bridgehead atoms. The number of pyridine rings is 1. The smallest absolute Gasteiger partial charge is 0.213 e. The van der Waals surface area contributed by atoms with Crippen LogP contribution >= 0.6 is 11.5 Å². The fourth-order valence-electron chi connectivity index (χ4n) is 1.58. The maximum atomic E-state index is 11.5. The quantitative estimate of drug-likeness (QED) is 0.859. The summed E-state index contributed by atoms with van der Waals surface area (Å²) in [5, 5.41) is 3.89. The molecule has 5 nitrogen and oxygen atoms in total. The number of hydrogen-bond acceptors (Lipinski definition) is 6. The lowest BCUT2D eigenvalue weighted by Gasteiger charge is -2.05. The molecule has 0 unspecified atom stereocenters. The molecule has 0 aliphatic heterocycles. The minimum absolute atomic E-state index is 0.00483. The fraction of sp³-hybridized carbons (Fsp3) is 0.250. The lowest BCUT2D eigenvalue weighted by molar-refractivity contribution is 0.101. The molecular weight excluding hydrogens is 250 g/mol. The van der Waals surface area contributed by atoms with Crippen molar-refractivity contribution in [1.29, 1.82) is 0 Å². The first-order valence-electron chi connectivity index (χ1n) is 5.36. The molecule has 18 heavy (non-hydrogen) atoms. The number of aromatic nitrogens is 2. The first-order valence-corrected chi connectivity index (χ1v) is 6.13. The average Bonchev–Trinajstić information content (AvgIpc) is 2.71. The normalized spacial score (nSPS) is 10.2. The highest BCUT2D eigenvalue weighted by Crippen LogP contribution is 2.28. The number of Topliss-reactive ketones (excluding diaryl/α,β-unsaturated/α-hetero) is 1. The molecule has 2 aromatic rings. The summed E-state index contributed by atoms with van der Waals surface area (Å²) in [6, 6.07) is 3.59. The maximum absolute atomic E-state index is 11.5. The molecule has 0 spiro atoms. The van der Waals surface area contributed by atoms with E-state index in [2.05, 4.69) is 14.7 Å². The minimum atomic E-state index is 0.00483. The third-order valence-corrected chi connectivity index (χ3v) is 3.27. The average molecular weight is 263 g/mol. The van der Waals surface area contributed by atoms with Gasteiger partial charge in [0.15, 0.2) is 5.78 Å². The summed E-state index contributed by atoms with van der Waals surface area (Å²) in [4.78, 5) is 15.6. The molecule has 6 heteroatoms. The Bertz CT molecular complexity index is 563. The predicted molar refractivity (Wildman–Crippen MR) is 70.9 cm³/mol. The molecule has 0 aromatic carbocycles. The van der Waals surface area contributed by atoms with Crippen molar-refractivity contribution in [3.8, 4) is 5.88 Å². The van der Waals surface area contributed by atoms with E-state index in [1.165, 1.54) is 18.5 Å². The van der Waals surface area contributed by atoms with Crippen LogP contribution in [0.1, 0.15) is 23.0 Å². The van der Waals surface area contributed by atoms with Crippen molar-refractivity contribution in [2.24, 2.45) is 0 Å². The second kappa shape index (κ2) is 5.14. The van der Waals surface area contributed by atoms with E-state index in [1.807, 2.05) is 13.0 Å². The van der Waals surface area contributed by atoms with Crippen LogP contribution in [0.4, 0.5) is 10.7 Å². The van der Waals surface area contributed by atoms with Gasteiger partial charge in [-0.1, -0.05) is 0 Å². The van der Waals surface area contributed by atoms with Gasteiger partial charge in [0.2, 0.25) is 5.88 Å². The molecule has 0 atom stereocenters. The fourth-order valence-corrected chi connectivity index (χ4v) is 2.44. The number of nitrogens with one attached hydrogen (secondary N) is 1. The van der Waals surface area contributed by atoms with Gasteiger partial charge in [-0.2, -0.15) is 4.37 Å². The largest absolute Gasteiger partial charge is 0.481 e. The van der Waals surface area contributed by atoms with Crippen molar-refractivity contribution < 1.29 is 9.53 Å². The van der Waals surface area contributed by atoms with Crippen LogP contribution in [0.25, 0.3) is 0 Å². The van der Waals surface area contributed by atoms with Crippen molar-refractivity contribution in [2.75, 3.05) is 12.4 Å². The van der Waals surface area contributed by atoms with Crippen LogP contribution in [0.5, 0.6) is 5.88 Å². The van der Waals surface area contributed by atoms with Crippen molar-refractivity contribution in [3.05, 3.63) is 29.6 Å². The first-order chi connectivity index (χ1) is 8.61. The van der Waals surface area contributed by atoms with E-state index < -0.39 is 0 Å². The standard InChI is InChI=1S/C12H13N3O2S/c1-7-11(8(2)16)12(18-15-7)14-9-4-5-10(17-3)13-6-9/h4-6,14H,1-3H3. The van der Waals surface area contributed by atoms with Crippen LogP contribution < -0.4 is 10.1 Å². The van der Waals surface area contributed by atoms with Crippen LogP contribution in [-0.2, 0) is 0 Å². The van der Waals surface area contributed by atoms with Crippen LogP contribution in [-0.4, -0.2) is 22.3 Å². The van der Waals surface area contributed by atoms with Gasteiger partial charge in [-0.3, -0.25) is 4.79 Å². The van der Waals surface area contributed by atoms with E-state index in [0.717, 1.165) is 16.4 Å². The number of ether oxygens (including phenoxy) is 1. The summed E-state index contributed by atoms with van der Waals surface area (Å²) < 4.78 is 9.16. The third kappa shape index (κ3) is 2.48. The predicted octanol–water partition coefficient (Wildman–Crippen LogP) is 2.80. The molecule has 0 radical (unpaired) electrons. The van der Waals surface area contributed by atoms with Crippen LogP contribution in [0.3, 0.4) is 0 Å². The summed E-state index contributed by atoms with van der Waals surface area (Å²) in [6.45, 7) is 3.36. The summed E-state index contributed by atoms with van der Waals surface area (Å²) in [5.41, 5.74) is 2.18. The number of methoxy groups -OCH3 is 1. The Morgan fingerprint density at radius 2 is 2.22 bits per heavy atom. The lowest BCUT2D eigenvalue weighted by atomic mass is 10.2. The number of carbonyl (C=O) groups is 1. The SMILES string of the molecule is COc1ccc(Nc2snc(C)c2C(C)=O)cn1. The Morgan fingerprint density at radius 3 is 2.78 bits per heavy atom. The number of ketones is 1. The van der Waals surface area contributed by atoms with Gasteiger partial charge in [0, 0.05) is 6.07 Å². The van der Waals surface area contributed by atoms with Gasteiger partial charge >= 0.3 is 0 Å². The second-order valence-corrected chi connectivity index (χ2v) is 4.52. The van der Waals surface area contributed by atoms with Gasteiger partial charge in [-0.15, -0.1) is 0 Å². The highest BCUT2D eigenvalue weighted by Gasteiger charge is 2.14. The zero-order valence-electron chi connectivity index (χ0n) is 10.4. The Morgan fingerprint density at radius 1 is 1.44 bits per heavy atom. The topological polar surface area (TPSA) is 64.1 Å². The molecule has 2 aromatic heterocycles. The summed E-state index contributed by atoms with van der Waals surface area (Å²) in [6.07, 6.45) is 1.65. The van der Waals surface area contributed by atoms with E-state index in [-0.39, 0.29) is 5.78 Å². The van der Waals surface area contributed by atoms with Gasteiger partial charge in [-0.25, -0.2) is 4.98 Å². The number of carbonyl (C=O) groups excluding carboxylic acids is 1. The number of nitrogens with zero attached hydrogens (tertiary/aromatic N) is 2. The zero-order chi connectivity index (χ0) is 13.1. The van der Waals surface area contributed by atoms with Crippen LogP contribution in [0.2, 0.25) is 0 Å². The molecule has 0 saturated carbocycles. The Balaban J connectivity index is 2.25. The Kier molecular flexibility index (Phi) is 3.57. The first kappa shape index (κ1) is 12.5. The van der Waals surface area contributed by atoms with E-state index in [9.17, 15) is 4.79 Å². The number of anilines is 2. The van der Waals surface area contributed by atoms with E-state index in [4.69, 9.17) is 4.74 Å². The summed E-state index contributed by atoms with van der Waals surface area (Å²) in [5.74, 6) is 0.554. The van der Waals surface area contributed by atoms with Crippen molar-refractivity contribution in [1.82, 2.24) is 9.36 Å². The number of rotatable bonds is 4. The molecule has 1 N–H and O–H groups in total. The van der Waals surface area contributed by atoms with E-state index in [0.29, 0.717) is 11.4 Å². The second-order valence-electron chi connectivity index (χ2n) is 3.74. The molecule has 2 rings (SSSR count). The molecule has 0 aliphatic rings. The van der Waals surface area contributed by atoms with Crippen LogP contribution in [0.15, 0.2) is 18.3 Å². The maximum Gasteiger partial charge on any atom is 0.213 e. The lowest BCUT2D eigenvalue weighted by Crippen LogP contribution is -1.99. The van der Waals surface area contributed by atoms with Gasteiger partial charge in [-0.05, 0) is 31.4 Å². The van der Waals surface area contributed by atoms with Crippen molar-refractivity contribution in [2.45, 2.75) is 13.8 Å². The van der Waals surface area contributed by atoms with Gasteiger partial charge in [0.1, 0.15) is 5.00 Å². The summed E-state index contributed by atoms with van der Waals surface area (Å²) >= 11 is 1.27. The van der Waals surface area contributed by atoms with Gasteiger partial charge < -0.3 is 10.1 Å². The molecule has 2 heterocycles. The van der Waals surface area contributed by atoms with Crippen molar-refractivity contribution >= 4 is 28.0 Å². The monoisotopic (exact) mass is 263 g/mol. The molecular formula is C12H13N3O2S. The van der Waals surface area contributed by atoms with Gasteiger partial charge in [0.05, 0.1) is 30.3 Å². The Labute approximate surface area is 109 Å². The third-order valence-electron chi connectivity index (χ3n) is 2.42. The number of hydrogen-bond donors (Lipinski definition) is 1.